The average molecular weight is 435 g/mol. The van der Waals surface area contributed by atoms with Gasteiger partial charge in [0.1, 0.15) is 9.88 Å². The van der Waals surface area contributed by atoms with Crippen molar-refractivity contribution in [3.8, 4) is 11.5 Å². The molecule has 1 amide bonds. The number of anilines is 1. The van der Waals surface area contributed by atoms with E-state index >= 15 is 0 Å². The van der Waals surface area contributed by atoms with Gasteiger partial charge in [-0.15, -0.1) is 11.3 Å². The summed E-state index contributed by atoms with van der Waals surface area (Å²) < 4.78 is 20.7. The number of esters is 2. The number of thiophene rings is 1. The zero-order valence-corrected chi connectivity index (χ0v) is 18.4. The number of nitrogens with one attached hydrogen (secondary N) is 1. The summed E-state index contributed by atoms with van der Waals surface area (Å²) in [4.78, 5) is 37.0. The van der Waals surface area contributed by atoms with Crippen LogP contribution in [-0.4, -0.2) is 45.3 Å². The van der Waals surface area contributed by atoms with Crippen LogP contribution in [0.5, 0.6) is 11.5 Å². The minimum absolute atomic E-state index is 0.0393. The van der Waals surface area contributed by atoms with Crippen LogP contribution >= 0.6 is 11.3 Å². The van der Waals surface area contributed by atoms with Crippen molar-refractivity contribution < 1.29 is 33.3 Å². The Morgan fingerprint density at radius 3 is 2.20 bits per heavy atom. The smallest absolute Gasteiger partial charge is 0.348 e. The summed E-state index contributed by atoms with van der Waals surface area (Å²) >= 11 is 0.970. The molecule has 0 bridgehead atoms. The molecule has 0 spiro atoms. The van der Waals surface area contributed by atoms with Gasteiger partial charge in [-0.05, 0) is 44.0 Å². The van der Waals surface area contributed by atoms with Crippen LogP contribution in [-0.2, 0) is 20.7 Å². The van der Waals surface area contributed by atoms with E-state index in [1.807, 2.05) is 13.8 Å². The monoisotopic (exact) mass is 435 g/mol. The zero-order chi connectivity index (χ0) is 22.3. The van der Waals surface area contributed by atoms with Gasteiger partial charge in [-0.25, -0.2) is 9.59 Å². The lowest BCUT2D eigenvalue weighted by atomic mass is 10.1. The van der Waals surface area contributed by atoms with Crippen LogP contribution in [0.15, 0.2) is 18.2 Å². The fourth-order valence-electron chi connectivity index (χ4n) is 2.80. The predicted octanol–water partition coefficient (Wildman–Crippen LogP) is 3.61. The highest BCUT2D eigenvalue weighted by Gasteiger charge is 2.26. The fourth-order valence-corrected chi connectivity index (χ4v) is 3.93. The summed E-state index contributed by atoms with van der Waals surface area (Å²) in [5.41, 5.74) is 1.24. The van der Waals surface area contributed by atoms with Crippen molar-refractivity contribution in [2.75, 3.05) is 32.8 Å². The summed E-state index contributed by atoms with van der Waals surface area (Å²) in [5, 5.41) is 2.94. The number of ether oxygens (including phenoxy) is 4. The van der Waals surface area contributed by atoms with E-state index in [2.05, 4.69) is 5.32 Å². The predicted molar refractivity (Wildman–Crippen MR) is 113 cm³/mol. The molecule has 1 heterocycles. The SMILES string of the molecule is CCOc1ccc(CC(=O)Nc2sc(C(=O)OC)c(C)c2C(=O)OC)cc1OCC. The van der Waals surface area contributed by atoms with E-state index in [-0.39, 0.29) is 27.8 Å². The summed E-state index contributed by atoms with van der Waals surface area (Å²) in [6.45, 7) is 6.30. The van der Waals surface area contributed by atoms with Crippen molar-refractivity contribution in [1.29, 1.82) is 0 Å². The molecule has 0 unspecified atom stereocenters. The van der Waals surface area contributed by atoms with Gasteiger partial charge in [0.25, 0.3) is 0 Å². The first-order valence-corrected chi connectivity index (χ1v) is 10.2. The summed E-state index contributed by atoms with van der Waals surface area (Å²) in [7, 11) is 2.48. The van der Waals surface area contributed by atoms with Crippen molar-refractivity contribution >= 4 is 34.2 Å². The quantitative estimate of drug-likeness (QED) is 0.601. The molecule has 30 heavy (non-hydrogen) atoms. The van der Waals surface area contributed by atoms with E-state index in [1.165, 1.54) is 14.2 Å². The standard InChI is InChI=1S/C21H25NO7S/c1-6-28-14-9-8-13(10-15(14)29-7-2)11-16(23)22-19-17(20(24)26-4)12(3)18(30-19)21(25)27-5/h8-10H,6-7,11H2,1-5H3,(H,22,23). The second-order valence-corrected chi connectivity index (χ2v) is 7.14. The molecule has 0 aliphatic rings. The van der Waals surface area contributed by atoms with Crippen molar-refractivity contribution in [3.05, 3.63) is 39.8 Å². The van der Waals surface area contributed by atoms with E-state index in [4.69, 9.17) is 18.9 Å². The maximum absolute atomic E-state index is 12.6. The van der Waals surface area contributed by atoms with Crippen molar-refractivity contribution in [2.24, 2.45) is 0 Å². The molecule has 0 aliphatic carbocycles. The molecule has 0 fully saturated rings. The number of amides is 1. The van der Waals surface area contributed by atoms with Crippen LogP contribution in [0.1, 0.15) is 45.0 Å². The molecule has 0 atom stereocenters. The minimum Gasteiger partial charge on any atom is -0.490 e. The topological polar surface area (TPSA) is 100 Å². The largest absolute Gasteiger partial charge is 0.490 e. The highest BCUT2D eigenvalue weighted by Crippen LogP contribution is 2.34. The van der Waals surface area contributed by atoms with Gasteiger partial charge in [-0.3, -0.25) is 4.79 Å². The first-order valence-electron chi connectivity index (χ1n) is 9.34. The first-order chi connectivity index (χ1) is 14.4. The lowest BCUT2D eigenvalue weighted by molar-refractivity contribution is -0.115. The van der Waals surface area contributed by atoms with Crippen LogP contribution in [0.25, 0.3) is 0 Å². The first kappa shape index (κ1) is 23.2. The Labute approximate surface area is 179 Å². The van der Waals surface area contributed by atoms with Gasteiger partial charge >= 0.3 is 11.9 Å². The Bertz CT molecular complexity index is 936. The normalized spacial score (nSPS) is 10.3. The van der Waals surface area contributed by atoms with E-state index in [0.717, 1.165) is 11.3 Å². The van der Waals surface area contributed by atoms with Crippen LogP contribution in [0, 0.1) is 6.92 Å². The van der Waals surface area contributed by atoms with Gasteiger partial charge in [-0.2, -0.15) is 0 Å². The van der Waals surface area contributed by atoms with Crippen LogP contribution in [0.2, 0.25) is 0 Å². The van der Waals surface area contributed by atoms with Gasteiger partial charge in [0, 0.05) is 0 Å². The Kier molecular flexibility index (Phi) is 8.23. The molecular weight excluding hydrogens is 410 g/mol. The van der Waals surface area contributed by atoms with Crippen molar-refractivity contribution in [1.82, 2.24) is 0 Å². The number of carbonyl (C=O) groups is 3. The highest BCUT2D eigenvalue weighted by molar-refractivity contribution is 7.18. The Balaban J connectivity index is 2.26. The van der Waals surface area contributed by atoms with Gasteiger partial charge in [-0.1, -0.05) is 6.07 Å². The number of carbonyl (C=O) groups excluding carboxylic acids is 3. The maximum Gasteiger partial charge on any atom is 0.348 e. The molecular formula is C21H25NO7S. The lowest BCUT2D eigenvalue weighted by Gasteiger charge is -2.12. The molecule has 162 valence electrons. The highest BCUT2D eigenvalue weighted by atomic mass is 32.1. The number of methoxy groups -OCH3 is 2. The molecule has 2 aromatic rings. The molecule has 8 nitrogen and oxygen atoms in total. The minimum atomic E-state index is -0.645. The number of rotatable bonds is 9. The summed E-state index contributed by atoms with van der Waals surface area (Å²) in [6.07, 6.45) is 0.0393. The molecule has 9 heteroatoms. The van der Waals surface area contributed by atoms with Crippen LogP contribution in [0.3, 0.4) is 0 Å². The van der Waals surface area contributed by atoms with E-state index in [9.17, 15) is 14.4 Å². The second-order valence-electron chi connectivity index (χ2n) is 6.12. The van der Waals surface area contributed by atoms with Crippen molar-refractivity contribution in [2.45, 2.75) is 27.2 Å². The van der Waals surface area contributed by atoms with Gasteiger partial charge < -0.3 is 24.3 Å². The number of hydrogen-bond acceptors (Lipinski definition) is 8. The van der Waals surface area contributed by atoms with Crippen LogP contribution in [0.4, 0.5) is 5.00 Å². The molecule has 0 aliphatic heterocycles. The summed E-state index contributed by atoms with van der Waals surface area (Å²) in [6, 6.07) is 5.27. The summed E-state index contributed by atoms with van der Waals surface area (Å²) in [5.74, 6) is -0.428. The fraction of sp³-hybridized carbons (Fsp3) is 0.381. The van der Waals surface area contributed by atoms with Gasteiger partial charge in [0.2, 0.25) is 5.91 Å². The Morgan fingerprint density at radius 1 is 0.967 bits per heavy atom. The third-order valence-electron chi connectivity index (χ3n) is 4.13. The average Bonchev–Trinajstić information content (AvgIpc) is 3.04. The van der Waals surface area contributed by atoms with E-state index in [1.54, 1.807) is 25.1 Å². The van der Waals surface area contributed by atoms with Gasteiger partial charge in [0.05, 0.1) is 39.4 Å². The van der Waals surface area contributed by atoms with Gasteiger partial charge in [0.15, 0.2) is 11.5 Å². The maximum atomic E-state index is 12.6. The molecule has 0 saturated heterocycles. The van der Waals surface area contributed by atoms with Crippen LogP contribution < -0.4 is 14.8 Å². The van der Waals surface area contributed by atoms with E-state index in [0.29, 0.717) is 35.8 Å². The molecule has 1 N–H and O–H groups in total. The third-order valence-corrected chi connectivity index (χ3v) is 5.32. The third kappa shape index (κ3) is 5.29. The number of benzene rings is 1. The molecule has 1 aromatic heterocycles. The number of hydrogen-bond donors (Lipinski definition) is 1. The Hall–Kier alpha value is -3.07. The molecule has 2 rings (SSSR count). The molecule has 0 saturated carbocycles. The molecule has 0 radical (unpaired) electrons. The van der Waals surface area contributed by atoms with E-state index < -0.39 is 11.9 Å². The second kappa shape index (κ2) is 10.6. The van der Waals surface area contributed by atoms with Crippen molar-refractivity contribution in [3.63, 3.8) is 0 Å². The lowest BCUT2D eigenvalue weighted by Crippen LogP contribution is -2.16. The Morgan fingerprint density at radius 2 is 1.60 bits per heavy atom. The zero-order valence-electron chi connectivity index (χ0n) is 17.6. The molecule has 1 aromatic carbocycles.